The molecule has 3 aromatic rings. The summed E-state index contributed by atoms with van der Waals surface area (Å²) in [5.74, 6) is 1.91. The number of carbonyl (C=O) groups is 1. The zero-order valence-corrected chi connectivity index (χ0v) is 15.3. The van der Waals surface area contributed by atoms with Crippen LogP contribution in [0.3, 0.4) is 0 Å². The zero-order valence-electron chi connectivity index (χ0n) is 14.4. The third-order valence-corrected chi connectivity index (χ3v) is 4.31. The van der Waals surface area contributed by atoms with Crippen molar-refractivity contribution in [3.8, 4) is 17.1 Å². The Morgan fingerprint density at radius 1 is 1.23 bits per heavy atom. The number of methoxy groups -OCH3 is 1. The average Bonchev–Trinajstić information content (AvgIpc) is 3.09. The lowest BCUT2D eigenvalue weighted by Crippen LogP contribution is -1.96. The van der Waals surface area contributed by atoms with Gasteiger partial charge < -0.3 is 14.8 Å². The summed E-state index contributed by atoms with van der Waals surface area (Å²) in [7, 11) is 1.55. The van der Waals surface area contributed by atoms with Crippen molar-refractivity contribution in [1.29, 1.82) is 0 Å². The van der Waals surface area contributed by atoms with Crippen LogP contribution in [0, 0.1) is 0 Å². The summed E-state index contributed by atoms with van der Waals surface area (Å²) in [6.45, 7) is 2.08. The Kier molecular flexibility index (Phi) is 5.75. The summed E-state index contributed by atoms with van der Waals surface area (Å²) in [4.78, 5) is 15.7. The molecule has 0 aliphatic rings. The van der Waals surface area contributed by atoms with Crippen molar-refractivity contribution in [3.05, 3.63) is 48.2 Å². The summed E-state index contributed by atoms with van der Waals surface area (Å²) in [5, 5.41) is 10.3. The first-order valence-electron chi connectivity index (χ1n) is 8.04. The number of aromatic nitrogens is 3. The lowest BCUT2D eigenvalue weighted by Gasteiger charge is -2.06. The lowest BCUT2D eigenvalue weighted by atomic mass is 10.1. The van der Waals surface area contributed by atoms with Crippen LogP contribution in [0.5, 0.6) is 5.88 Å². The second-order valence-corrected chi connectivity index (χ2v) is 6.37. The van der Waals surface area contributed by atoms with E-state index in [1.807, 2.05) is 24.3 Å². The van der Waals surface area contributed by atoms with Crippen molar-refractivity contribution in [2.24, 2.45) is 0 Å². The highest BCUT2D eigenvalue weighted by molar-refractivity contribution is 8.00. The fourth-order valence-corrected chi connectivity index (χ4v) is 2.82. The summed E-state index contributed by atoms with van der Waals surface area (Å²) < 4.78 is 8.35. The molecule has 7 nitrogen and oxygen atoms in total. The molecule has 3 rings (SSSR count). The van der Waals surface area contributed by atoms with Crippen LogP contribution in [0.1, 0.15) is 17.3 Å². The van der Waals surface area contributed by atoms with E-state index in [0.29, 0.717) is 23.0 Å². The molecule has 3 N–H and O–H groups in total. The normalized spacial score (nSPS) is 10.4. The maximum absolute atomic E-state index is 11.7. The number of pyridine rings is 1. The van der Waals surface area contributed by atoms with Crippen LogP contribution in [0.4, 0.5) is 17.2 Å². The van der Waals surface area contributed by atoms with Crippen molar-refractivity contribution in [3.63, 3.8) is 0 Å². The highest BCUT2D eigenvalue weighted by atomic mass is 32.2. The first-order chi connectivity index (χ1) is 12.7. The molecule has 26 heavy (non-hydrogen) atoms. The highest BCUT2D eigenvalue weighted by Crippen LogP contribution is 2.29. The number of aldehydes is 1. The summed E-state index contributed by atoms with van der Waals surface area (Å²) in [5.41, 5.74) is 3.75. The van der Waals surface area contributed by atoms with Gasteiger partial charge in [0.25, 0.3) is 0 Å². The molecule has 8 heteroatoms. The second kappa shape index (κ2) is 8.39. The van der Waals surface area contributed by atoms with Crippen LogP contribution in [-0.2, 0) is 0 Å². The predicted molar refractivity (Wildman–Crippen MR) is 105 cm³/mol. The molecule has 0 aliphatic heterocycles. The van der Waals surface area contributed by atoms with E-state index in [1.54, 1.807) is 37.4 Å². The number of nitrogens with zero attached hydrogens (tertiary/aromatic N) is 2. The van der Waals surface area contributed by atoms with Gasteiger partial charge in [-0.05, 0) is 18.2 Å². The largest absolute Gasteiger partial charge is 0.481 e. The Labute approximate surface area is 155 Å². The Hall–Kier alpha value is -3.00. The van der Waals surface area contributed by atoms with Gasteiger partial charge in [0.15, 0.2) is 12.1 Å². The number of H-pyrrole nitrogens is 1. The molecule has 2 heterocycles. The van der Waals surface area contributed by atoms with E-state index in [1.165, 1.54) is 0 Å². The Balaban J connectivity index is 1.84. The van der Waals surface area contributed by atoms with Crippen molar-refractivity contribution in [1.82, 2.24) is 15.2 Å². The van der Waals surface area contributed by atoms with E-state index >= 15 is 0 Å². The van der Waals surface area contributed by atoms with Crippen molar-refractivity contribution in [2.45, 2.75) is 6.92 Å². The molecule has 0 bridgehead atoms. The molecule has 0 unspecified atom stereocenters. The number of benzene rings is 1. The number of rotatable bonds is 8. The van der Waals surface area contributed by atoms with Gasteiger partial charge in [0.05, 0.1) is 18.4 Å². The molecule has 0 radical (unpaired) electrons. The van der Waals surface area contributed by atoms with Gasteiger partial charge in [-0.3, -0.25) is 9.89 Å². The number of carbonyl (C=O) groups excluding carboxylic acids is 1. The van der Waals surface area contributed by atoms with E-state index in [9.17, 15) is 4.79 Å². The molecule has 0 amide bonds. The van der Waals surface area contributed by atoms with Crippen molar-refractivity contribution < 1.29 is 9.53 Å². The van der Waals surface area contributed by atoms with Gasteiger partial charge in [0.2, 0.25) is 5.88 Å². The summed E-state index contributed by atoms with van der Waals surface area (Å²) in [6.07, 6.45) is 2.41. The predicted octanol–water partition coefficient (Wildman–Crippen LogP) is 4.12. The minimum atomic E-state index is 0.451. The Morgan fingerprint density at radius 3 is 2.73 bits per heavy atom. The smallest absolute Gasteiger partial charge is 0.214 e. The second-order valence-electron chi connectivity index (χ2n) is 5.30. The molecule has 0 saturated carbocycles. The van der Waals surface area contributed by atoms with Gasteiger partial charge in [-0.25, -0.2) is 4.98 Å². The molecule has 0 atom stereocenters. The van der Waals surface area contributed by atoms with E-state index in [0.717, 1.165) is 29.0 Å². The summed E-state index contributed by atoms with van der Waals surface area (Å²) in [6, 6.07) is 11.3. The molecule has 0 saturated heterocycles. The quantitative estimate of drug-likeness (QED) is 0.406. The van der Waals surface area contributed by atoms with Crippen LogP contribution in [0.25, 0.3) is 11.3 Å². The van der Waals surface area contributed by atoms with Crippen LogP contribution >= 0.6 is 11.9 Å². The SMILES string of the molecule is CCSNc1ccc(-c2[nH]nc(Nc3ccnc(OC)c3)c2C=O)cc1. The van der Waals surface area contributed by atoms with Gasteiger partial charge >= 0.3 is 0 Å². The molecular weight excluding hydrogens is 350 g/mol. The van der Waals surface area contributed by atoms with E-state index in [4.69, 9.17) is 4.74 Å². The van der Waals surface area contributed by atoms with E-state index < -0.39 is 0 Å². The Morgan fingerprint density at radius 2 is 2.04 bits per heavy atom. The fourth-order valence-electron chi connectivity index (χ4n) is 2.38. The number of aromatic amines is 1. The number of ether oxygens (including phenoxy) is 1. The zero-order chi connectivity index (χ0) is 18.4. The average molecular weight is 369 g/mol. The molecule has 0 spiro atoms. The summed E-state index contributed by atoms with van der Waals surface area (Å²) >= 11 is 1.63. The fraction of sp³-hybridized carbons (Fsp3) is 0.167. The van der Waals surface area contributed by atoms with Gasteiger partial charge in [0.1, 0.15) is 0 Å². The van der Waals surface area contributed by atoms with Crippen molar-refractivity contribution in [2.75, 3.05) is 22.9 Å². The number of anilines is 3. The third kappa shape index (κ3) is 3.97. The van der Waals surface area contributed by atoms with Crippen molar-refractivity contribution >= 4 is 35.4 Å². The topological polar surface area (TPSA) is 91.9 Å². The number of hydrogen-bond donors (Lipinski definition) is 3. The highest BCUT2D eigenvalue weighted by Gasteiger charge is 2.15. The first-order valence-corrected chi connectivity index (χ1v) is 9.02. The minimum Gasteiger partial charge on any atom is -0.481 e. The molecule has 0 aliphatic carbocycles. The third-order valence-electron chi connectivity index (χ3n) is 3.64. The Bertz CT molecular complexity index is 880. The molecule has 2 aromatic heterocycles. The minimum absolute atomic E-state index is 0.451. The number of nitrogens with one attached hydrogen (secondary N) is 3. The molecule has 1 aromatic carbocycles. The van der Waals surface area contributed by atoms with Crippen LogP contribution in [-0.4, -0.2) is 34.3 Å². The maximum atomic E-state index is 11.7. The molecule has 0 fully saturated rings. The number of hydrogen-bond acceptors (Lipinski definition) is 7. The monoisotopic (exact) mass is 369 g/mol. The maximum Gasteiger partial charge on any atom is 0.214 e. The lowest BCUT2D eigenvalue weighted by molar-refractivity contribution is 0.112. The first kappa shape index (κ1) is 17.8. The van der Waals surface area contributed by atoms with Crippen LogP contribution < -0.4 is 14.8 Å². The molecule has 134 valence electrons. The van der Waals surface area contributed by atoms with E-state index in [2.05, 4.69) is 32.1 Å². The van der Waals surface area contributed by atoms with Gasteiger partial charge in [-0.1, -0.05) is 31.0 Å². The van der Waals surface area contributed by atoms with Crippen LogP contribution in [0.2, 0.25) is 0 Å². The standard InChI is InChI=1S/C18H19N5O2S/c1-3-26-23-13-6-4-12(5-7-13)17-15(11-24)18(22-21-17)20-14-8-9-19-16(10-14)25-2/h4-11,23H,3H2,1-2H3,(H2,19,20,21,22). The van der Waals surface area contributed by atoms with E-state index in [-0.39, 0.29) is 0 Å². The van der Waals surface area contributed by atoms with Gasteiger partial charge in [-0.2, -0.15) is 5.10 Å². The van der Waals surface area contributed by atoms with Crippen LogP contribution in [0.15, 0.2) is 42.6 Å². The molecular formula is C18H19N5O2S. The van der Waals surface area contributed by atoms with Gasteiger partial charge in [-0.15, -0.1) is 0 Å². The van der Waals surface area contributed by atoms with Gasteiger partial charge in [0, 0.05) is 35.0 Å².